The molecule has 0 radical (unpaired) electrons. The lowest BCUT2D eigenvalue weighted by Crippen LogP contribution is -2.43. The number of nitro groups is 1. The molecule has 2 aromatic carbocycles. The third kappa shape index (κ3) is 6.40. The number of carbonyl (C=O) groups is 1. The van der Waals surface area contributed by atoms with Crippen molar-refractivity contribution in [1.82, 2.24) is 5.32 Å². The molecular weight excluding hydrogens is 344 g/mol. The van der Waals surface area contributed by atoms with Crippen molar-refractivity contribution >= 4 is 6.09 Å². The smallest absolute Gasteiger partial charge is 0.408 e. The molecule has 0 heterocycles. The van der Waals surface area contributed by atoms with Gasteiger partial charge in [0.05, 0.1) is 0 Å². The van der Waals surface area contributed by atoms with Gasteiger partial charge in [-0.25, -0.2) is 4.79 Å². The minimum Gasteiger partial charge on any atom is -0.444 e. The van der Waals surface area contributed by atoms with Crippen molar-refractivity contribution in [3.05, 3.63) is 81.4 Å². The average molecular weight is 370 g/mol. The highest BCUT2D eigenvalue weighted by Gasteiger charge is 2.35. The Kier molecular flexibility index (Phi) is 6.55. The zero-order valence-corrected chi connectivity index (χ0v) is 16.1. The van der Waals surface area contributed by atoms with Gasteiger partial charge in [0.25, 0.3) is 0 Å². The van der Waals surface area contributed by atoms with Crippen LogP contribution in [-0.2, 0) is 11.2 Å². The van der Waals surface area contributed by atoms with E-state index in [1.807, 2.05) is 49.4 Å². The van der Waals surface area contributed by atoms with Gasteiger partial charge in [0, 0.05) is 11.3 Å². The van der Waals surface area contributed by atoms with Gasteiger partial charge < -0.3 is 10.1 Å². The number of amides is 1. The van der Waals surface area contributed by atoms with E-state index in [2.05, 4.69) is 5.32 Å². The van der Waals surface area contributed by atoms with E-state index in [9.17, 15) is 14.9 Å². The number of alkyl carbamates (subject to hydrolysis) is 1. The van der Waals surface area contributed by atoms with Crippen molar-refractivity contribution in [3.63, 3.8) is 0 Å². The predicted octanol–water partition coefficient (Wildman–Crippen LogP) is 4.45. The lowest BCUT2D eigenvalue weighted by atomic mass is 9.93. The Morgan fingerprint density at radius 3 is 2.22 bits per heavy atom. The summed E-state index contributed by atoms with van der Waals surface area (Å²) in [6, 6.07) is 14.8. The first-order valence-corrected chi connectivity index (χ1v) is 8.89. The number of nitrogens with zero attached hydrogens (tertiary/aromatic N) is 1. The normalized spacial score (nSPS) is 13.5. The fourth-order valence-electron chi connectivity index (χ4n) is 2.78. The summed E-state index contributed by atoms with van der Waals surface area (Å²) < 4.78 is 5.32. The Bertz CT molecular complexity index is 767. The van der Waals surface area contributed by atoms with Gasteiger partial charge >= 0.3 is 6.09 Å². The van der Waals surface area contributed by atoms with E-state index in [0.717, 1.165) is 11.1 Å². The van der Waals surface area contributed by atoms with Gasteiger partial charge in [-0.1, -0.05) is 60.2 Å². The monoisotopic (exact) mass is 370 g/mol. The molecule has 2 atom stereocenters. The van der Waals surface area contributed by atoms with E-state index in [4.69, 9.17) is 4.74 Å². The number of hydrogen-bond donors (Lipinski definition) is 1. The molecule has 0 aromatic heterocycles. The van der Waals surface area contributed by atoms with E-state index in [1.165, 1.54) is 0 Å². The van der Waals surface area contributed by atoms with E-state index < -0.39 is 23.8 Å². The lowest BCUT2D eigenvalue weighted by molar-refractivity contribution is -0.527. The van der Waals surface area contributed by atoms with Gasteiger partial charge in [-0.3, -0.25) is 10.1 Å². The van der Waals surface area contributed by atoms with Crippen molar-refractivity contribution in [3.8, 4) is 0 Å². The topological polar surface area (TPSA) is 81.5 Å². The van der Waals surface area contributed by atoms with Crippen molar-refractivity contribution in [2.75, 3.05) is 0 Å². The Morgan fingerprint density at radius 1 is 1.11 bits per heavy atom. The van der Waals surface area contributed by atoms with E-state index in [0.29, 0.717) is 5.56 Å². The maximum atomic E-state index is 12.3. The van der Waals surface area contributed by atoms with Crippen LogP contribution in [0.2, 0.25) is 0 Å². The van der Waals surface area contributed by atoms with Crippen LogP contribution in [0.5, 0.6) is 0 Å². The molecule has 0 unspecified atom stereocenters. The Morgan fingerprint density at radius 2 is 1.70 bits per heavy atom. The first-order chi connectivity index (χ1) is 12.7. The summed E-state index contributed by atoms with van der Waals surface area (Å²) in [6.07, 6.45) is -0.477. The SMILES string of the molecule is Cc1ccc([C@H](NC(=O)OC(C)(C)C)[C@@H](Cc2ccccc2)[N+](=O)[O-])cc1. The minimum atomic E-state index is -1.03. The van der Waals surface area contributed by atoms with Crippen LogP contribution in [-0.4, -0.2) is 22.7 Å². The molecule has 0 saturated heterocycles. The van der Waals surface area contributed by atoms with Crippen LogP contribution in [0.15, 0.2) is 54.6 Å². The van der Waals surface area contributed by atoms with Gasteiger partial charge in [0.15, 0.2) is 0 Å². The van der Waals surface area contributed by atoms with Gasteiger partial charge in [-0.2, -0.15) is 0 Å². The molecule has 0 aliphatic heterocycles. The molecule has 27 heavy (non-hydrogen) atoms. The second-order valence-electron chi connectivity index (χ2n) is 7.58. The van der Waals surface area contributed by atoms with Crippen LogP contribution in [0.1, 0.15) is 43.5 Å². The largest absolute Gasteiger partial charge is 0.444 e. The summed E-state index contributed by atoms with van der Waals surface area (Å²) in [5.74, 6) is 0. The molecule has 0 spiro atoms. The molecule has 1 N–H and O–H groups in total. The number of carbonyl (C=O) groups excluding carboxylic acids is 1. The molecule has 2 rings (SSSR count). The number of benzene rings is 2. The molecule has 6 heteroatoms. The van der Waals surface area contributed by atoms with E-state index >= 15 is 0 Å². The Balaban J connectivity index is 2.34. The zero-order valence-electron chi connectivity index (χ0n) is 16.1. The summed E-state index contributed by atoms with van der Waals surface area (Å²) in [6.45, 7) is 7.20. The van der Waals surface area contributed by atoms with Crippen molar-refractivity contribution < 1.29 is 14.5 Å². The highest BCUT2D eigenvalue weighted by molar-refractivity contribution is 5.68. The first-order valence-electron chi connectivity index (χ1n) is 8.89. The quantitative estimate of drug-likeness (QED) is 0.602. The highest BCUT2D eigenvalue weighted by atomic mass is 16.6. The molecule has 0 saturated carbocycles. The van der Waals surface area contributed by atoms with E-state index in [-0.39, 0.29) is 11.3 Å². The van der Waals surface area contributed by atoms with Crippen LogP contribution >= 0.6 is 0 Å². The molecule has 144 valence electrons. The van der Waals surface area contributed by atoms with Crippen molar-refractivity contribution in [2.45, 2.75) is 51.8 Å². The highest BCUT2D eigenvalue weighted by Crippen LogP contribution is 2.24. The van der Waals surface area contributed by atoms with Crippen LogP contribution in [0.3, 0.4) is 0 Å². The average Bonchev–Trinajstić information content (AvgIpc) is 2.58. The molecule has 0 bridgehead atoms. The molecule has 2 aromatic rings. The maximum Gasteiger partial charge on any atom is 0.408 e. The lowest BCUT2D eigenvalue weighted by Gasteiger charge is -2.26. The Hall–Kier alpha value is -2.89. The summed E-state index contributed by atoms with van der Waals surface area (Å²) >= 11 is 0. The molecule has 6 nitrogen and oxygen atoms in total. The first kappa shape index (κ1) is 20.4. The third-order valence-corrected chi connectivity index (χ3v) is 4.05. The van der Waals surface area contributed by atoms with Crippen LogP contribution in [0, 0.1) is 17.0 Å². The number of nitrogens with one attached hydrogen (secondary N) is 1. The van der Waals surface area contributed by atoms with Gasteiger partial charge in [-0.15, -0.1) is 0 Å². The van der Waals surface area contributed by atoms with Crippen LogP contribution in [0.4, 0.5) is 4.79 Å². The second-order valence-corrected chi connectivity index (χ2v) is 7.58. The minimum absolute atomic E-state index is 0.197. The fourth-order valence-corrected chi connectivity index (χ4v) is 2.78. The fraction of sp³-hybridized carbons (Fsp3) is 0.381. The molecule has 0 fully saturated rings. The molecule has 0 aliphatic rings. The predicted molar refractivity (Wildman–Crippen MR) is 104 cm³/mol. The van der Waals surface area contributed by atoms with Crippen molar-refractivity contribution in [2.24, 2.45) is 0 Å². The standard InChI is InChI=1S/C21H26N2O4/c1-15-10-12-17(13-11-15)19(22-20(24)27-21(2,3)4)18(23(25)26)14-16-8-6-5-7-9-16/h5-13,18-19H,14H2,1-4H3,(H,22,24)/t18-,19+/m1/s1. The maximum absolute atomic E-state index is 12.3. The second kappa shape index (κ2) is 8.66. The summed E-state index contributed by atoms with van der Waals surface area (Å²) in [4.78, 5) is 23.9. The summed E-state index contributed by atoms with van der Waals surface area (Å²) in [5.41, 5.74) is 1.85. The molecule has 0 aliphatic carbocycles. The summed E-state index contributed by atoms with van der Waals surface area (Å²) in [5, 5.41) is 14.6. The van der Waals surface area contributed by atoms with Crippen molar-refractivity contribution in [1.29, 1.82) is 0 Å². The van der Waals surface area contributed by atoms with Crippen LogP contribution < -0.4 is 5.32 Å². The Labute approximate surface area is 159 Å². The third-order valence-electron chi connectivity index (χ3n) is 4.05. The van der Waals surface area contributed by atoms with Gasteiger partial charge in [0.2, 0.25) is 6.04 Å². The van der Waals surface area contributed by atoms with Crippen LogP contribution in [0.25, 0.3) is 0 Å². The van der Waals surface area contributed by atoms with E-state index in [1.54, 1.807) is 32.9 Å². The van der Waals surface area contributed by atoms with Gasteiger partial charge in [-0.05, 0) is 38.8 Å². The molecular formula is C21H26N2O4. The number of aryl methyl sites for hydroxylation is 1. The summed E-state index contributed by atoms with van der Waals surface area (Å²) in [7, 11) is 0. The number of hydrogen-bond acceptors (Lipinski definition) is 4. The molecule has 1 amide bonds. The number of ether oxygens (including phenoxy) is 1. The number of rotatable bonds is 6. The van der Waals surface area contributed by atoms with Gasteiger partial charge in [0.1, 0.15) is 11.6 Å². The zero-order chi connectivity index (χ0) is 20.0.